The molecule has 14 heavy (non-hydrogen) atoms. The van der Waals surface area contributed by atoms with Gasteiger partial charge in [-0.1, -0.05) is 26.0 Å². The smallest absolute Gasteiger partial charge is 0.391 e. The number of hydrogen-bond donors (Lipinski definition) is 2. The molecule has 0 saturated heterocycles. The van der Waals surface area contributed by atoms with Gasteiger partial charge in [0.1, 0.15) is 5.75 Å². The van der Waals surface area contributed by atoms with Crippen LogP contribution < -0.4 is 4.52 Å². The van der Waals surface area contributed by atoms with Gasteiger partial charge in [-0.25, -0.2) is 0 Å². The molecule has 1 aromatic rings. The highest BCUT2D eigenvalue weighted by atomic mass is 31.2. The van der Waals surface area contributed by atoms with Gasteiger partial charge in [-0.05, 0) is 30.0 Å². The number of hydrogen-bond acceptors (Lipinski definition) is 3. The van der Waals surface area contributed by atoms with Crippen LogP contribution in [0.15, 0.2) is 18.2 Å². The molecule has 78 valence electrons. The molecule has 1 rings (SSSR count). The van der Waals surface area contributed by atoms with Gasteiger partial charge in [-0.3, -0.25) is 0 Å². The molecular weight excluding hydrogens is 199 g/mol. The molecule has 0 unspecified atom stereocenters. The first-order chi connectivity index (χ1) is 6.50. The van der Waals surface area contributed by atoms with Crippen LogP contribution in [0, 0.1) is 6.92 Å². The molecule has 0 radical (unpaired) electrons. The lowest BCUT2D eigenvalue weighted by Crippen LogP contribution is -1.95. The summed E-state index contributed by atoms with van der Waals surface area (Å²) in [5, 5.41) is 0. The Hall–Kier alpha value is -0.630. The molecular formula is C10H15O3P. The maximum absolute atomic E-state index is 8.80. The van der Waals surface area contributed by atoms with Gasteiger partial charge >= 0.3 is 8.60 Å². The third-order valence-corrected chi connectivity index (χ3v) is 2.33. The Bertz CT molecular complexity index is 310. The van der Waals surface area contributed by atoms with Crippen molar-refractivity contribution < 1.29 is 14.3 Å². The molecule has 0 amide bonds. The summed E-state index contributed by atoms with van der Waals surface area (Å²) in [5.41, 5.74) is 2.03. The largest absolute Gasteiger partial charge is 0.427 e. The summed E-state index contributed by atoms with van der Waals surface area (Å²) in [5.74, 6) is 0.872. The Morgan fingerprint density at radius 1 is 1.29 bits per heavy atom. The van der Waals surface area contributed by atoms with Gasteiger partial charge in [0.15, 0.2) is 0 Å². The highest BCUT2D eigenvalue weighted by Gasteiger charge is 2.11. The number of benzene rings is 1. The quantitative estimate of drug-likeness (QED) is 0.760. The molecule has 0 heterocycles. The van der Waals surface area contributed by atoms with Crippen LogP contribution in [0.4, 0.5) is 0 Å². The maximum Gasteiger partial charge on any atom is 0.391 e. The van der Waals surface area contributed by atoms with Gasteiger partial charge in [0.25, 0.3) is 0 Å². The van der Waals surface area contributed by atoms with E-state index in [2.05, 4.69) is 0 Å². The van der Waals surface area contributed by atoms with E-state index in [9.17, 15) is 0 Å². The molecule has 3 nitrogen and oxygen atoms in total. The van der Waals surface area contributed by atoms with E-state index in [-0.39, 0.29) is 0 Å². The van der Waals surface area contributed by atoms with Crippen molar-refractivity contribution in [3.05, 3.63) is 29.3 Å². The van der Waals surface area contributed by atoms with E-state index in [0.717, 1.165) is 11.1 Å². The summed E-state index contributed by atoms with van der Waals surface area (Å²) in [4.78, 5) is 17.6. The van der Waals surface area contributed by atoms with Crippen LogP contribution in [-0.2, 0) is 0 Å². The predicted octanol–water partition coefficient (Wildman–Crippen LogP) is 2.71. The van der Waals surface area contributed by atoms with Crippen LogP contribution >= 0.6 is 8.60 Å². The Morgan fingerprint density at radius 3 is 2.43 bits per heavy atom. The first kappa shape index (κ1) is 11.4. The third-order valence-electron chi connectivity index (χ3n) is 1.97. The van der Waals surface area contributed by atoms with Crippen molar-refractivity contribution in [2.75, 3.05) is 0 Å². The van der Waals surface area contributed by atoms with Crippen molar-refractivity contribution >= 4 is 8.60 Å². The highest BCUT2D eigenvalue weighted by Crippen LogP contribution is 2.35. The minimum Gasteiger partial charge on any atom is -0.427 e. The lowest BCUT2D eigenvalue weighted by atomic mass is 10.0. The van der Waals surface area contributed by atoms with Crippen LogP contribution in [-0.4, -0.2) is 9.79 Å². The Balaban J connectivity index is 3.03. The molecule has 0 atom stereocenters. The summed E-state index contributed by atoms with van der Waals surface area (Å²) >= 11 is 0. The van der Waals surface area contributed by atoms with Crippen molar-refractivity contribution in [2.45, 2.75) is 26.7 Å². The predicted molar refractivity (Wildman–Crippen MR) is 57.3 cm³/mol. The molecule has 0 aliphatic rings. The lowest BCUT2D eigenvalue weighted by Gasteiger charge is -2.14. The van der Waals surface area contributed by atoms with E-state index in [1.165, 1.54) is 0 Å². The highest BCUT2D eigenvalue weighted by molar-refractivity contribution is 7.39. The standard InChI is InChI=1S/C10H15O3P/c1-7(2)9-5-4-8(3)6-10(9)13-14(11)12/h4-7,11-12H,1-3H3. The van der Waals surface area contributed by atoms with Gasteiger partial charge in [0.2, 0.25) is 0 Å². The Morgan fingerprint density at radius 2 is 1.93 bits per heavy atom. The molecule has 2 N–H and O–H groups in total. The average molecular weight is 214 g/mol. The first-order valence-electron chi connectivity index (χ1n) is 4.47. The second kappa shape index (κ2) is 4.74. The molecule has 0 bridgehead atoms. The summed E-state index contributed by atoms with van der Waals surface area (Å²) in [6.07, 6.45) is 0. The summed E-state index contributed by atoms with van der Waals surface area (Å²) in [6.45, 7) is 6.01. The van der Waals surface area contributed by atoms with Gasteiger partial charge in [-0.2, -0.15) is 0 Å². The van der Waals surface area contributed by atoms with E-state index in [0.29, 0.717) is 11.7 Å². The molecule has 0 spiro atoms. The fraction of sp³-hybridized carbons (Fsp3) is 0.400. The second-order valence-corrected chi connectivity index (χ2v) is 4.23. The zero-order valence-corrected chi connectivity index (χ0v) is 9.45. The molecule has 0 saturated carbocycles. The van der Waals surface area contributed by atoms with Gasteiger partial charge in [-0.15, -0.1) is 0 Å². The summed E-state index contributed by atoms with van der Waals surface area (Å²) < 4.78 is 4.96. The second-order valence-electron chi connectivity index (χ2n) is 3.54. The zero-order chi connectivity index (χ0) is 10.7. The normalized spacial score (nSPS) is 11.1. The van der Waals surface area contributed by atoms with E-state index >= 15 is 0 Å². The topological polar surface area (TPSA) is 49.7 Å². The number of aryl methyl sites for hydroxylation is 1. The summed E-state index contributed by atoms with van der Waals surface area (Å²) in [6, 6.07) is 5.75. The monoisotopic (exact) mass is 214 g/mol. The molecule has 0 aliphatic heterocycles. The first-order valence-corrected chi connectivity index (χ1v) is 5.63. The average Bonchev–Trinajstić information content (AvgIpc) is 2.01. The minimum atomic E-state index is -2.33. The van der Waals surface area contributed by atoms with Gasteiger partial charge < -0.3 is 14.3 Å². The fourth-order valence-corrected chi connectivity index (χ4v) is 1.62. The maximum atomic E-state index is 8.80. The van der Waals surface area contributed by atoms with Crippen molar-refractivity contribution in [3.8, 4) is 5.75 Å². The molecule has 4 heteroatoms. The molecule has 0 fully saturated rings. The van der Waals surface area contributed by atoms with Crippen molar-refractivity contribution in [3.63, 3.8) is 0 Å². The van der Waals surface area contributed by atoms with Crippen LogP contribution in [0.25, 0.3) is 0 Å². The van der Waals surface area contributed by atoms with E-state index < -0.39 is 8.60 Å². The lowest BCUT2D eigenvalue weighted by molar-refractivity contribution is 0.372. The number of rotatable bonds is 3. The fourth-order valence-electron chi connectivity index (χ4n) is 1.29. The van der Waals surface area contributed by atoms with E-state index in [1.807, 2.05) is 39.0 Å². The SMILES string of the molecule is Cc1ccc(C(C)C)c(OP(O)O)c1. The van der Waals surface area contributed by atoms with Crippen molar-refractivity contribution in [1.82, 2.24) is 0 Å². The van der Waals surface area contributed by atoms with Crippen molar-refractivity contribution in [1.29, 1.82) is 0 Å². The van der Waals surface area contributed by atoms with Crippen LogP contribution in [0.3, 0.4) is 0 Å². The van der Waals surface area contributed by atoms with E-state index in [1.54, 1.807) is 0 Å². The molecule has 0 aromatic heterocycles. The van der Waals surface area contributed by atoms with Gasteiger partial charge in [0, 0.05) is 0 Å². The van der Waals surface area contributed by atoms with Gasteiger partial charge in [0.05, 0.1) is 0 Å². The van der Waals surface area contributed by atoms with Crippen LogP contribution in [0.1, 0.15) is 30.9 Å². The minimum absolute atomic E-state index is 0.306. The van der Waals surface area contributed by atoms with Crippen LogP contribution in [0.5, 0.6) is 5.75 Å². The Kier molecular flexibility index (Phi) is 3.87. The molecule has 1 aromatic carbocycles. The summed E-state index contributed by atoms with van der Waals surface area (Å²) in [7, 11) is -2.33. The Labute approximate surface area is 85.4 Å². The third kappa shape index (κ3) is 2.95. The van der Waals surface area contributed by atoms with E-state index in [4.69, 9.17) is 14.3 Å². The van der Waals surface area contributed by atoms with Crippen molar-refractivity contribution in [2.24, 2.45) is 0 Å². The molecule has 0 aliphatic carbocycles. The van der Waals surface area contributed by atoms with Crippen LogP contribution in [0.2, 0.25) is 0 Å². The zero-order valence-electron chi connectivity index (χ0n) is 8.56.